The van der Waals surface area contributed by atoms with Crippen molar-refractivity contribution >= 4 is 15.7 Å². The van der Waals surface area contributed by atoms with Crippen molar-refractivity contribution < 1.29 is 8.42 Å². The van der Waals surface area contributed by atoms with Crippen molar-refractivity contribution in [3.63, 3.8) is 0 Å². The van der Waals surface area contributed by atoms with Crippen molar-refractivity contribution in [3.8, 4) is 0 Å². The van der Waals surface area contributed by atoms with Gasteiger partial charge in [0, 0.05) is 30.9 Å². The molecular weight excluding hydrogens is 250 g/mol. The summed E-state index contributed by atoms with van der Waals surface area (Å²) in [6, 6.07) is 6.67. The summed E-state index contributed by atoms with van der Waals surface area (Å²) in [6.45, 7) is 4.97. The Bertz CT molecular complexity index is 503. The molecule has 1 heterocycles. The molecule has 1 aromatic carbocycles. The first-order chi connectivity index (χ1) is 8.39. The minimum Gasteiger partial charge on any atom is -0.399 e. The third kappa shape index (κ3) is 2.66. The average molecular weight is 269 g/mol. The quantitative estimate of drug-likeness (QED) is 0.773. The van der Waals surface area contributed by atoms with Crippen LogP contribution in [-0.2, 0) is 10.0 Å². The molecule has 18 heavy (non-hydrogen) atoms. The topological polar surface area (TPSA) is 75.4 Å². The molecule has 1 fully saturated rings. The second-order valence-electron chi connectivity index (χ2n) is 4.86. The normalized spacial score (nSPS) is 26.1. The molecule has 0 saturated carbocycles. The maximum atomic E-state index is 12.4. The monoisotopic (exact) mass is 269 g/mol. The lowest BCUT2D eigenvalue weighted by Gasteiger charge is -2.35. The number of nitrogens with two attached hydrogens (primary N) is 1. The van der Waals surface area contributed by atoms with Crippen LogP contribution in [0.1, 0.15) is 13.8 Å². The van der Waals surface area contributed by atoms with Crippen LogP contribution in [0, 0.1) is 0 Å². The van der Waals surface area contributed by atoms with Crippen molar-refractivity contribution in [2.45, 2.75) is 30.8 Å². The van der Waals surface area contributed by atoms with E-state index in [9.17, 15) is 8.42 Å². The van der Waals surface area contributed by atoms with Crippen LogP contribution in [0.2, 0.25) is 0 Å². The molecule has 2 rings (SSSR count). The molecule has 0 aliphatic carbocycles. The maximum absolute atomic E-state index is 12.4. The number of hydrogen-bond donors (Lipinski definition) is 2. The lowest BCUT2D eigenvalue weighted by molar-refractivity contribution is 0.263. The molecule has 2 atom stereocenters. The Morgan fingerprint density at radius 3 is 2.17 bits per heavy atom. The molecule has 0 spiro atoms. The molecule has 1 saturated heterocycles. The minimum absolute atomic E-state index is 0.164. The van der Waals surface area contributed by atoms with Gasteiger partial charge in [-0.1, -0.05) is 0 Å². The molecule has 2 unspecified atom stereocenters. The van der Waals surface area contributed by atoms with Gasteiger partial charge in [-0.25, -0.2) is 8.42 Å². The van der Waals surface area contributed by atoms with Gasteiger partial charge in [0.05, 0.1) is 4.90 Å². The van der Waals surface area contributed by atoms with E-state index in [0.717, 1.165) is 0 Å². The fourth-order valence-corrected chi connectivity index (χ4v) is 3.88. The van der Waals surface area contributed by atoms with E-state index < -0.39 is 10.0 Å². The number of nitrogens with zero attached hydrogens (tertiary/aromatic N) is 1. The Morgan fingerprint density at radius 1 is 1.17 bits per heavy atom. The van der Waals surface area contributed by atoms with Gasteiger partial charge in [0.25, 0.3) is 0 Å². The molecule has 0 amide bonds. The minimum atomic E-state index is -3.41. The largest absolute Gasteiger partial charge is 0.399 e. The lowest BCUT2D eigenvalue weighted by atomic mass is 10.2. The van der Waals surface area contributed by atoms with Crippen LogP contribution in [0.15, 0.2) is 29.2 Å². The predicted octanol–water partition coefficient (Wildman–Crippen LogP) is 0.640. The highest BCUT2D eigenvalue weighted by molar-refractivity contribution is 7.89. The second kappa shape index (κ2) is 4.87. The van der Waals surface area contributed by atoms with E-state index in [-0.39, 0.29) is 12.1 Å². The van der Waals surface area contributed by atoms with Gasteiger partial charge < -0.3 is 11.1 Å². The lowest BCUT2D eigenvalue weighted by Crippen LogP contribution is -2.55. The van der Waals surface area contributed by atoms with Crippen LogP contribution in [0.4, 0.5) is 5.69 Å². The number of nitrogens with one attached hydrogen (secondary N) is 1. The molecule has 3 N–H and O–H groups in total. The SMILES string of the molecule is CC1CN(S(=O)(=O)c2ccc(N)cc2)CC(C)N1. The van der Waals surface area contributed by atoms with Gasteiger partial charge in [0.15, 0.2) is 0 Å². The fraction of sp³-hybridized carbons (Fsp3) is 0.500. The molecular formula is C12H19N3O2S. The van der Waals surface area contributed by atoms with E-state index in [1.807, 2.05) is 13.8 Å². The van der Waals surface area contributed by atoms with Crippen LogP contribution < -0.4 is 11.1 Å². The summed E-state index contributed by atoms with van der Waals surface area (Å²) in [5.41, 5.74) is 6.14. The summed E-state index contributed by atoms with van der Waals surface area (Å²) < 4.78 is 26.4. The zero-order chi connectivity index (χ0) is 13.3. The zero-order valence-electron chi connectivity index (χ0n) is 10.6. The van der Waals surface area contributed by atoms with Gasteiger partial charge in [0.1, 0.15) is 0 Å². The molecule has 1 aromatic rings. The van der Waals surface area contributed by atoms with Crippen LogP contribution in [0.25, 0.3) is 0 Å². The Labute approximate surface area is 108 Å². The zero-order valence-corrected chi connectivity index (χ0v) is 11.4. The van der Waals surface area contributed by atoms with Gasteiger partial charge in [-0.05, 0) is 38.1 Å². The predicted molar refractivity (Wildman–Crippen MR) is 71.7 cm³/mol. The Hall–Kier alpha value is -1.11. The van der Waals surface area contributed by atoms with Crippen molar-refractivity contribution in [1.82, 2.24) is 9.62 Å². The van der Waals surface area contributed by atoms with Crippen molar-refractivity contribution in [3.05, 3.63) is 24.3 Å². The first kappa shape index (κ1) is 13.3. The van der Waals surface area contributed by atoms with Crippen LogP contribution in [0.3, 0.4) is 0 Å². The van der Waals surface area contributed by atoms with Crippen molar-refractivity contribution in [2.75, 3.05) is 18.8 Å². The number of anilines is 1. The molecule has 0 bridgehead atoms. The number of nitrogen functional groups attached to an aromatic ring is 1. The number of piperazine rings is 1. The molecule has 0 aromatic heterocycles. The number of benzene rings is 1. The van der Waals surface area contributed by atoms with Gasteiger partial charge in [-0.2, -0.15) is 4.31 Å². The van der Waals surface area contributed by atoms with Crippen LogP contribution >= 0.6 is 0 Å². The Morgan fingerprint density at radius 2 is 1.67 bits per heavy atom. The average Bonchev–Trinajstić information content (AvgIpc) is 2.28. The summed E-state index contributed by atoms with van der Waals surface area (Å²) in [5, 5.41) is 3.32. The highest BCUT2D eigenvalue weighted by Crippen LogP contribution is 2.19. The van der Waals surface area contributed by atoms with E-state index in [4.69, 9.17) is 5.73 Å². The van der Waals surface area contributed by atoms with E-state index in [0.29, 0.717) is 23.7 Å². The van der Waals surface area contributed by atoms with Crippen LogP contribution in [0.5, 0.6) is 0 Å². The Kier molecular flexibility index (Phi) is 3.61. The number of sulfonamides is 1. The first-order valence-corrected chi connectivity index (χ1v) is 7.45. The van der Waals surface area contributed by atoms with Gasteiger partial charge in [-0.3, -0.25) is 0 Å². The molecule has 6 heteroatoms. The number of hydrogen-bond acceptors (Lipinski definition) is 4. The van der Waals surface area contributed by atoms with Crippen LogP contribution in [-0.4, -0.2) is 37.9 Å². The highest BCUT2D eigenvalue weighted by Gasteiger charge is 2.31. The molecule has 100 valence electrons. The van der Waals surface area contributed by atoms with Gasteiger partial charge in [-0.15, -0.1) is 0 Å². The Balaban J connectivity index is 2.28. The summed E-state index contributed by atoms with van der Waals surface area (Å²) >= 11 is 0. The summed E-state index contributed by atoms with van der Waals surface area (Å²) in [6.07, 6.45) is 0. The fourth-order valence-electron chi connectivity index (χ4n) is 2.26. The second-order valence-corrected chi connectivity index (χ2v) is 6.80. The molecule has 0 radical (unpaired) electrons. The third-order valence-electron chi connectivity index (χ3n) is 3.04. The smallest absolute Gasteiger partial charge is 0.243 e. The van der Waals surface area contributed by atoms with Crippen molar-refractivity contribution in [1.29, 1.82) is 0 Å². The standard InChI is InChI=1S/C12H19N3O2S/c1-9-7-15(8-10(2)14-9)18(16,17)12-5-3-11(13)4-6-12/h3-6,9-10,14H,7-8,13H2,1-2H3. The van der Waals surface area contributed by atoms with Crippen molar-refractivity contribution in [2.24, 2.45) is 0 Å². The van der Waals surface area contributed by atoms with Gasteiger partial charge >= 0.3 is 0 Å². The molecule has 1 aliphatic rings. The summed E-state index contributed by atoms with van der Waals surface area (Å²) in [5.74, 6) is 0. The van der Waals surface area contributed by atoms with E-state index in [2.05, 4.69) is 5.32 Å². The van der Waals surface area contributed by atoms with E-state index in [1.54, 1.807) is 24.3 Å². The first-order valence-electron chi connectivity index (χ1n) is 6.01. The third-order valence-corrected chi connectivity index (χ3v) is 4.89. The van der Waals surface area contributed by atoms with Gasteiger partial charge in [0.2, 0.25) is 10.0 Å². The van der Waals surface area contributed by atoms with E-state index >= 15 is 0 Å². The number of rotatable bonds is 2. The molecule has 1 aliphatic heterocycles. The van der Waals surface area contributed by atoms with E-state index in [1.165, 1.54) is 4.31 Å². The highest BCUT2D eigenvalue weighted by atomic mass is 32.2. The molecule has 5 nitrogen and oxygen atoms in total. The summed E-state index contributed by atoms with van der Waals surface area (Å²) in [4.78, 5) is 0.304. The summed E-state index contributed by atoms with van der Waals surface area (Å²) in [7, 11) is -3.41. The maximum Gasteiger partial charge on any atom is 0.243 e.